The van der Waals surface area contributed by atoms with Crippen molar-refractivity contribution < 1.29 is 17.9 Å². The highest BCUT2D eigenvalue weighted by Crippen LogP contribution is 2.19. The van der Waals surface area contributed by atoms with E-state index in [2.05, 4.69) is 0 Å². The lowest BCUT2D eigenvalue weighted by Gasteiger charge is -2.35. The van der Waals surface area contributed by atoms with Crippen molar-refractivity contribution in [2.24, 2.45) is 0 Å². The molecule has 1 saturated heterocycles. The third-order valence-electron chi connectivity index (χ3n) is 4.70. The second kappa shape index (κ2) is 7.53. The summed E-state index contributed by atoms with van der Waals surface area (Å²) in [5, 5.41) is 0. The average molecular weight is 354 g/mol. The zero-order chi connectivity index (χ0) is 17.9. The number of hydrogen-bond acceptors (Lipinski definition) is 4. The third-order valence-corrected chi connectivity index (χ3v) is 6.04. The highest BCUT2D eigenvalue weighted by atomic mass is 32.2. The molecule has 1 aliphatic rings. The maximum absolute atomic E-state index is 12.3. The van der Waals surface area contributed by atoms with Gasteiger partial charge in [-0.2, -0.15) is 0 Å². The lowest BCUT2D eigenvalue weighted by molar-refractivity contribution is -0.134. The summed E-state index contributed by atoms with van der Waals surface area (Å²) in [6.07, 6.45) is 2.51. The van der Waals surface area contributed by atoms with E-state index in [0.29, 0.717) is 31.7 Å². The predicted octanol–water partition coefficient (Wildman–Crippen LogP) is 1.56. The Bertz CT molecular complexity index is 695. The molecule has 1 aromatic carbocycles. The summed E-state index contributed by atoms with van der Waals surface area (Å²) in [4.78, 5) is 14.0. The monoisotopic (exact) mass is 354 g/mol. The van der Waals surface area contributed by atoms with E-state index in [4.69, 9.17) is 4.74 Å². The molecule has 1 fully saturated rings. The Hall–Kier alpha value is -1.60. The minimum atomic E-state index is -3.19. The van der Waals surface area contributed by atoms with Crippen molar-refractivity contribution in [2.45, 2.75) is 32.7 Å². The van der Waals surface area contributed by atoms with Gasteiger partial charge in [0.1, 0.15) is 5.75 Å². The van der Waals surface area contributed by atoms with Gasteiger partial charge in [0.25, 0.3) is 5.91 Å². The molecule has 0 N–H and O–H groups in total. The molecule has 1 heterocycles. The molecule has 0 aromatic heterocycles. The van der Waals surface area contributed by atoms with Gasteiger partial charge >= 0.3 is 0 Å². The number of nitrogens with zero attached hydrogens (tertiary/aromatic N) is 2. The van der Waals surface area contributed by atoms with Crippen LogP contribution in [0, 0.1) is 13.8 Å². The van der Waals surface area contributed by atoms with Gasteiger partial charge in [0.05, 0.1) is 6.26 Å². The van der Waals surface area contributed by atoms with Crippen LogP contribution in [0.5, 0.6) is 5.75 Å². The Morgan fingerprint density at radius 3 is 2.42 bits per heavy atom. The van der Waals surface area contributed by atoms with Gasteiger partial charge in [-0.05, 0) is 49.9 Å². The van der Waals surface area contributed by atoms with Gasteiger partial charge in [0.15, 0.2) is 6.61 Å². The minimum Gasteiger partial charge on any atom is -0.484 e. The molecular formula is C17H26N2O4S. The SMILES string of the molecule is Cc1ccc(OCC(=O)N2CCC(N(C)S(C)(=O)=O)CC2)cc1C. The Labute approximate surface area is 144 Å². The average Bonchev–Trinajstić information content (AvgIpc) is 2.54. The summed E-state index contributed by atoms with van der Waals surface area (Å²) in [6, 6.07) is 5.73. The molecule has 2 rings (SSSR count). The number of amides is 1. The smallest absolute Gasteiger partial charge is 0.260 e. The fourth-order valence-corrected chi connectivity index (χ4v) is 3.54. The van der Waals surface area contributed by atoms with E-state index >= 15 is 0 Å². The normalized spacial score (nSPS) is 16.5. The fraction of sp³-hybridized carbons (Fsp3) is 0.588. The van der Waals surface area contributed by atoms with Gasteiger partial charge in [-0.15, -0.1) is 0 Å². The van der Waals surface area contributed by atoms with Crippen molar-refractivity contribution in [2.75, 3.05) is 33.0 Å². The summed E-state index contributed by atoms with van der Waals surface area (Å²) in [7, 11) is -1.59. The maximum atomic E-state index is 12.3. The Kier molecular flexibility index (Phi) is 5.87. The van der Waals surface area contributed by atoms with Crippen molar-refractivity contribution >= 4 is 15.9 Å². The van der Waals surface area contributed by atoms with Gasteiger partial charge in [0, 0.05) is 26.2 Å². The molecular weight excluding hydrogens is 328 g/mol. The summed E-state index contributed by atoms with van der Waals surface area (Å²) in [5.41, 5.74) is 2.32. The van der Waals surface area contributed by atoms with E-state index < -0.39 is 10.0 Å². The first kappa shape index (κ1) is 18.7. The number of carbonyl (C=O) groups excluding carboxylic acids is 1. The summed E-state index contributed by atoms with van der Waals surface area (Å²) in [5.74, 6) is 0.631. The van der Waals surface area contributed by atoms with Crippen molar-refractivity contribution in [1.82, 2.24) is 9.21 Å². The third kappa shape index (κ3) is 4.70. The topological polar surface area (TPSA) is 66.9 Å². The van der Waals surface area contributed by atoms with Crippen molar-refractivity contribution in [3.8, 4) is 5.75 Å². The molecule has 0 bridgehead atoms. The molecule has 0 radical (unpaired) electrons. The largest absolute Gasteiger partial charge is 0.484 e. The first-order valence-electron chi connectivity index (χ1n) is 8.09. The standard InChI is InChI=1S/C17H26N2O4S/c1-13-5-6-16(11-14(13)2)23-12-17(20)19-9-7-15(8-10-19)18(3)24(4,21)22/h5-6,11,15H,7-10,12H2,1-4H3. The molecule has 0 spiro atoms. The highest BCUT2D eigenvalue weighted by molar-refractivity contribution is 7.88. The van der Waals surface area contributed by atoms with E-state index in [0.717, 1.165) is 5.56 Å². The number of hydrogen-bond donors (Lipinski definition) is 0. The molecule has 0 atom stereocenters. The molecule has 24 heavy (non-hydrogen) atoms. The zero-order valence-corrected chi connectivity index (χ0v) is 15.6. The Balaban J connectivity index is 1.83. The van der Waals surface area contributed by atoms with Gasteiger partial charge in [0.2, 0.25) is 10.0 Å². The Morgan fingerprint density at radius 1 is 1.25 bits per heavy atom. The zero-order valence-electron chi connectivity index (χ0n) is 14.8. The second-order valence-corrected chi connectivity index (χ2v) is 8.47. The van der Waals surface area contributed by atoms with E-state index in [1.54, 1.807) is 11.9 Å². The van der Waals surface area contributed by atoms with Crippen LogP contribution in [-0.4, -0.2) is 62.6 Å². The predicted molar refractivity (Wildman–Crippen MR) is 93.6 cm³/mol. The number of ether oxygens (including phenoxy) is 1. The minimum absolute atomic E-state index is 0.00901. The maximum Gasteiger partial charge on any atom is 0.260 e. The van der Waals surface area contributed by atoms with Gasteiger partial charge in [-0.3, -0.25) is 4.79 Å². The van der Waals surface area contributed by atoms with E-state index in [1.807, 2.05) is 32.0 Å². The summed E-state index contributed by atoms with van der Waals surface area (Å²) >= 11 is 0. The van der Waals surface area contributed by atoms with Crippen LogP contribution in [0.15, 0.2) is 18.2 Å². The van der Waals surface area contributed by atoms with E-state index in [-0.39, 0.29) is 18.6 Å². The van der Waals surface area contributed by atoms with Crippen LogP contribution >= 0.6 is 0 Å². The number of piperidine rings is 1. The van der Waals surface area contributed by atoms with Gasteiger partial charge in [-0.1, -0.05) is 6.07 Å². The number of benzene rings is 1. The van der Waals surface area contributed by atoms with Crippen LogP contribution in [0.1, 0.15) is 24.0 Å². The first-order chi connectivity index (χ1) is 11.2. The second-order valence-electron chi connectivity index (χ2n) is 6.43. The lowest BCUT2D eigenvalue weighted by atomic mass is 10.1. The van der Waals surface area contributed by atoms with Crippen LogP contribution in [0.3, 0.4) is 0 Å². The highest BCUT2D eigenvalue weighted by Gasteiger charge is 2.29. The molecule has 134 valence electrons. The molecule has 0 unspecified atom stereocenters. The quantitative estimate of drug-likeness (QED) is 0.805. The first-order valence-corrected chi connectivity index (χ1v) is 9.94. The number of sulfonamides is 1. The lowest BCUT2D eigenvalue weighted by Crippen LogP contribution is -2.48. The van der Waals surface area contributed by atoms with Gasteiger partial charge in [-0.25, -0.2) is 12.7 Å². The number of carbonyl (C=O) groups is 1. The fourth-order valence-electron chi connectivity index (χ4n) is 2.79. The van der Waals surface area contributed by atoms with Crippen LogP contribution < -0.4 is 4.74 Å². The number of rotatable bonds is 5. The van der Waals surface area contributed by atoms with Crippen molar-refractivity contribution in [3.05, 3.63) is 29.3 Å². The van der Waals surface area contributed by atoms with Crippen molar-refractivity contribution in [3.63, 3.8) is 0 Å². The molecule has 1 aromatic rings. The number of likely N-dealkylation sites (tertiary alicyclic amines) is 1. The molecule has 1 amide bonds. The number of aryl methyl sites for hydroxylation is 2. The van der Waals surface area contributed by atoms with Gasteiger partial charge < -0.3 is 9.64 Å². The van der Waals surface area contributed by atoms with E-state index in [9.17, 15) is 13.2 Å². The molecule has 0 aliphatic carbocycles. The van der Waals surface area contributed by atoms with Crippen LogP contribution in [0.25, 0.3) is 0 Å². The summed E-state index contributed by atoms with van der Waals surface area (Å²) < 4.78 is 30.2. The molecule has 6 nitrogen and oxygen atoms in total. The van der Waals surface area contributed by atoms with Crippen molar-refractivity contribution in [1.29, 1.82) is 0 Å². The van der Waals surface area contributed by atoms with Crippen LogP contribution in [-0.2, 0) is 14.8 Å². The van der Waals surface area contributed by atoms with E-state index in [1.165, 1.54) is 16.1 Å². The Morgan fingerprint density at radius 2 is 1.88 bits per heavy atom. The molecule has 0 saturated carbocycles. The summed E-state index contributed by atoms with van der Waals surface area (Å²) in [6.45, 7) is 5.16. The van der Waals surface area contributed by atoms with Crippen LogP contribution in [0.4, 0.5) is 0 Å². The molecule has 7 heteroatoms. The molecule has 1 aliphatic heterocycles. The van der Waals surface area contributed by atoms with Crippen LogP contribution in [0.2, 0.25) is 0 Å².